The molecule has 0 radical (unpaired) electrons. The molecule has 0 aliphatic rings. The van der Waals surface area contributed by atoms with Gasteiger partial charge >= 0.3 is 0 Å². The van der Waals surface area contributed by atoms with Gasteiger partial charge in [0.2, 0.25) is 0 Å². The van der Waals surface area contributed by atoms with Gasteiger partial charge in [-0.2, -0.15) is 0 Å². The smallest absolute Gasteiger partial charge is 0.269 e. The summed E-state index contributed by atoms with van der Waals surface area (Å²) in [6, 6.07) is 6.57. The van der Waals surface area contributed by atoms with Crippen LogP contribution in [-0.4, -0.2) is 26.2 Å². The monoisotopic (exact) mass is 298 g/mol. The third-order valence-electron chi connectivity index (χ3n) is 3.02. The van der Waals surface area contributed by atoms with Crippen LogP contribution in [0.5, 0.6) is 0 Å². The molecule has 6 heteroatoms. The molecule has 0 heterocycles. The molecule has 0 aromatic heterocycles. The fourth-order valence-corrected chi connectivity index (χ4v) is 2.59. The van der Waals surface area contributed by atoms with Gasteiger partial charge in [-0.05, 0) is 33.3 Å². The molecule has 0 aliphatic carbocycles. The Morgan fingerprint density at radius 2 is 1.85 bits per heavy atom. The van der Waals surface area contributed by atoms with Crippen molar-refractivity contribution in [3.05, 3.63) is 39.9 Å². The van der Waals surface area contributed by atoms with E-state index in [9.17, 15) is 14.3 Å². The quantitative estimate of drug-likeness (QED) is 0.647. The van der Waals surface area contributed by atoms with Gasteiger partial charge in [-0.15, -0.1) is 0 Å². The minimum Gasteiger partial charge on any atom is -0.309 e. The minimum absolute atomic E-state index is 0.0766. The lowest BCUT2D eigenvalue weighted by Crippen LogP contribution is -2.30. The van der Waals surface area contributed by atoms with Crippen molar-refractivity contribution in [2.24, 2.45) is 0 Å². The topological polar surface area (TPSA) is 72.2 Å². The van der Waals surface area contributed by atoms with E-state index < -0.39 is 15.7 Å². The van der Waals surface area contributed by atoms with Crippen LogP contribution in [0.2, 0.25) is 0 Å². The number of nitro benzene ring substituents is 1. The number of rotatable bonds is 6. The molecule has 1 aromatic rings. The van der Waals surface area contributed by atoms with Crippen molar-refractivity contribution in [1.29, 1.82) is 0 Å². The molecule has 1 N–H and O–H groups in total. The van der Waals surface area contributed by atoms with Crippen LogP contribution in [0.25, 0.3) is 0 Å². The summed E-state index contributed by atoms with van der Waals surface area (Å²) in [7, 11) is -0.872. The number of nitro groups is 1. The Morgan fingerprint density at radius 3 is 2.30 bits per heavy atom. The van der Waals surface area contributed by atoms with E-state index in [1.165, 1.54) is 12.1 Å². The highest BCUT2D eigenvalue weighted by molar-refractivity contribution is 7.86. The maximum absolute atomic E-state index is 11.9. The Balaban J connectivity index is 2.49. The number of nitrogens with one attached hydrogen (secondary N) is 1. The molecule has 0 spiro atoms. The number of non-ortho nitro benzene ring substituents is 1. The first-order chi connectivity index (χ1) is 9.21. The van der Waals surface area contributed by atoms with Crippen molar-refractivity contribution in [2.75, 3.05) is 12.3 Å². The molecule has 0 bridgehead atoms. The van der Waals surface area contributed by atoms with Gasteiger partial charge in [-0.25, -0.2) is 0 Å². The molecular formula is C14H22N2O3S. The van der Waals surface area contributed by atoms with E-state index >= 15 is 0 Å². The zero-order chi connectivity index (χ0) is 15.3. The van der Waals surface area contributed by atoms with Gasteiger partial charge in [0, 0.05) is 46.0 Å². The second kappa shape index (κ2) is 6.95. The fraction of sp³-hybridized carbons (Fsp3) is 0.571. The zero-order valence-corrected chi connectivity index (χ0v) is 13.2. The van der Waals surface area contributed by atoms with Crippen molar-refractivity contribution in [2.45, 2.75) is 38.5 Å². The van der Waals surface area contributed by atoms with Gasteiger partial charge in [0.15, 0.2) is 0 Å². The lowest BCUT2D eigenvalue weighted by molar-refractivity contribution is -0.384. The summed E-state index contributed by atoms with van der Waals surface area (Å²) in [4.78, 5) is 10.2. The van der Waals surface area contributed by atoms with E-state index in [4.69, 9.17) is 0 Å². The summed E-state index contributed by atoms with van der Waals surface area (Å²) in [5, 5.41) is 13.9. The highest BCUT2D eigenvalue weighted by Crippen LogP contribution is 2.17. The summed E-state index contributed by atoms with van der Waals surface area (Å²) >= 11 is 0. The molecular weight excluding hydrogens is 276 g/mol. The minimum atomic E-state index is -0.872. The molecule has 1 rings (SSSR count). The molecule has 0 saturated heterocycles. The van der Waals surface area contributed by atoms with Crippen molar-refractivity contribution in [1.82, 2.24) is 5.32 Å². The van der Waals surface area contributed by atoms with Crippen LogP contribution in [0.15, 0.2) is 24.3 Å². The number of nitrogens with zero attached hydrogens (tertiary/aromatic N) is 1. The van der Waals surface area contributed by atoms with Gasteiger partial charge < -0.3 is 5.32 Å². The van der Waals surface area contributed by atoms with Gasteiger partial charge in [-0.3, -0.25) is 14.3 Å². The summed E-state index contributed by atoms with van der Waals surface area (Å²) < 4.78 is 11.7. The molecule has 0 fully saturated rings. The first kappa shape index (κ1) is 16.8. The number of hydrogen-bond acceptors (Lipinski definition) is 4. The van der Waals surface area contributed by atoms with Crippen LogP contribution in [0.1, 0.15) is 39.3 Å². The third-order valence-corrected chi connectivity index (χ3v) is 4.97. The molecule has 20 heavy (non-hydrogen) atoms. The fourth-order valence-electron chi connectivity index (χ4n) is 1.68. The van der Waals surface area contributed by atoms with Crippen molar-refractivity contribution in [3.8, 4) is 0 Å². The molecule has 2 atom stereocenters. The highest BCUT2D eigenvalue weighted by atomic mass is 32.2. The highest BCUT2D eigenvalue weighted by Gasteiger charge is 2.19. The summed E-state index contributed by atoms with van der Waals surface area (Å²) in [6.45, 7) is 8.53. The Labute approximate surface area is 122 Å². The van der Waals surface area contributed by atoms with Crippen LogP contribution in [0, 0.1) is 10.1 Å². The Kier molecular flexibility index (Phi) is 5.83. The Hall–Kier alpha value is -1.27. The van der Waals surface area contributed by atoms with Crippen LogP contribution in [0.3, 0.4) is 0 Å². The third kappa shape index (κ3) is 5.02. The molecule has 0 amide bonds. The predicted molar refractivity (Wildman–Crippen MR) is 82.3 cm³/mol. The van der Waals surface area contributed by atoms with E-state index in [-0.39, 0.29) is 16.5 Å². The van der Waals surface area contributed by atoms with Gasteiger partial charge in [0.1, 0.15) is 0 Å². The second-order valence-corrected chi connectivity index (χ2v) is 8.01. The van der Waals surface area contributed by atoms with E-state index in [0.29, 0.717) is 12.3 Å². The number of benzene rings is 1. The van der Waals surface area contributed by atoms with E-state index in [1.54, 1.807) is 12.1 Å². The van der Waals surface area contributed by atoms with E-state index in [0.717, 1.165) is 5.56 Å². The van der Waals surface area contributed by atoms with Crippen LogP contribution >= 0.6 is 0 Å². The summed E-state index contributed by atoms with van der Waals surface area (Å²) in [6.07, 6.45) is 0. The maximum atomic E-state index is 11.9. The van der Waals surface area contributed by atoms with E-state index in [2.05, 4.69) is 5.32 Å². The SMILES string of the molecule is C[C@@H](NCC[S@@](=O)C(C)(C)C)c1ccc([N+](=O)[O-])cc1. The van der Waals surface area contributed by atoms with Crippen LogP contribution in [-0.2, 0) is 10.8 Å². The molecule has 0 unspecified atom stereocenters. The standard InChI is InChI=1S/C14H22N2O3S/c1-11(15-9-10-20(19)14(2,3)4)12-5-7-13(8-6-12)16(17)18/h5-8,11,15H,9-10H2,1-4H3/t11-,20-/m1/s1. The average Bonchev–Trinajstić information content (AvgIpc) is 2.37. The normalized spacial score (nSPS) is 14.8. The predicted octanol–water partition coefficient (Wildman–Crippen LogP) is 2.79. The molecule has 5 nitrogen and oxygen atoms in total. The van der Waals surface area contributed by atoms with Crippen molar-refractivity contribution in [3.63, 3.8) is 0 Å². The largest absolute Gasteiger partial charge is 0.309 e. The lowest BCUT2D eigenvalue weighted by atomic mass is 10.1. The van der Waals surface area contributed by atoms with Crippen molar-refractivity contribution < 1.29 is 9.13 Å². The lowest BCUT2D eigenvalue weighted by Gasteiger charge is -2.19. The first-order valence-electron chi connectivity index (χ1n) is 6.58. The Bertz CT molecular complexity index is 480. The van der Waals surface area contributed by atoms with Crippen molar-refractivity contribution >= 4 is 16.5 Å². The molecule has 0 saturated carbocycles. The zero-order valence-electron chi connectivity index (χ0n) is 12.4. The molecule has 1 aromatic carbocycles. The number of hydrogen-bond donors (Lipinski definition) is 1. The van der Waals surface area contributed by atoms with Crippen LogP contribution in [0.4, 0.5) is 5.69 Å². The van der Waals surface area contributed by atoms with Gasteiger partial charge in [0.05, 0.1) is 4.92 Å². The van der Waals surface area contributed by atoms with Gasteiger partial charge in [0.25, 0.3) is 5.69 Å². The molecule has 0 aliphatic heterocycles. The van der Waals surface area contributed by atoms with Crippen LogP contribution < -0.4 is 5.32 Å². The molecule has 112 valence electrons. The summed E-state index contributed by atoms with van der Waals surface area (Å²) in [5.74, 6) is 0.598. The average molecular weight is 298 g/mol. The van der Waals surface area contributed by atoms with Gasteiger partial charge in [-0.1, -0.05) is 12.1 Å². The first-order valence-corrected chi connectivity index (χ1v) is 7.90. The van der Waals surface area contributed by atoms with E-state index in [1.807, 2.05) is 27.7 Å². The maximum Gasteiger partial charge on any atom is 0.269 e. The summed E-state index contributed by atoms with van der Waals surface area (Å²) in [5.41, 5.74) is 1.08. The Morgan fingerprint density at radius 1 is 1.30 bits per heavy atom. The second-order valence-electron chi connectivity index (χ2n) is 5.69.